The van der Waals surface area contributed by atoms with Crippen LogP contribution in [0, 0.1) is 10.1 Å². The molecule has 0 spiro atoms. The maximum atomic E-state index is 12.0. The molecule has 1 aliphatic heterocycles. The van der Waals surface area contributed by atoms with Crippen molar-refractivity contribution in [2.24, 2.45) is 0 Å². The van der Waals surface area contributed by atoms with E-state index >= 15 is 0 Å². The van der Waals surface area contributed by atoms with Gasteiger partial charge in [-0.15, -0.1) is 0 Å². The normalized spacial score (nSPS) is 14.6. The first kappa shape index (κ1) is 16.9. The predicted molar refractivity (Wildman–Crippen MR) is 58.1 cm³/mol. The monoisotopic (exact) mass is 302 g/mol. The van der Waals surface area contributed by atoms with Crippen LogP contribution in [0.4, 0.5) is 5.69 Å². The fraction of sp³-hybridized carbons (Fsp3) is 0.182. The zero-order valence-corrected chi connectivity index (χ0v) is 13.8. The van der Waals surface area contributed by atoms with Crippen LogP contribution in [0.25, 0.3) is 0 Å². The van der Waals surface area contributed by atoms with Crippen LogP contribution >= 0.6 is 0 Å². The van der Waals surface area contributed by atoms with Gasteiger partial charge in [-0.05, 0) is 13.0 Å². The summed E-state index contributed by atoms with van der Waals surface area (Å²) in [6.45, 7) is 1.10. The average Bonchev–Trinajstić information content (AvgIpc) is 2.61. The third-order valence-corrected chi connectivity index (χ3v) is 2.85. The molecule has 0 saturated carbocycles. The van der Waals surface area contributed by atoms with Gasteiger partial charge in [0.25, 0.3) is 17.5 Å². The molecule has 1 heterocycles. The number of carbonyl (C=O) groups is 3. The summed E-state index contributed by atoms with van der Waals surface area (Å²) in [6, 6.07) is 2.09. The quantitative estimate of drug-likeness (QED) is 0.245. The van der Waals surface area contributed by atoms with Crippen molar-refractivity contribution in [2.45, 2.75) is 13.0 Å². The van der Waals surface area contributed by atoms with Gasteiger partial charge in [0.05, 0.1) is 22.5 Å². The summed E-state index contributed by atoms with van der Waals surface area (Å²) in [5, 5.41) is 21.6. The van der Waals surface area contributed by atoms with Crippen molar-refractivity contribution in [3.05, 3.63) is 39.4 Å². The minimum atomic E-state index is -1.61. The van der Waals surface area contributed by atoms with Crippen molar-refractivity contribution in [3.8, 4) is 0 Å². The van der Waals surface area contributed by atoms with Crippen molar-refractivity contribution in [1.29, 1.82) is 0 Å². The van der Waals surface area contributed by atoms with Crippen molar-refractivity contribution in [3.63, 3.8) is 0 Å². The number of benzene rings is 1. The van der Waals surface area contributed by atoms with Gasteiger partial charge in [-0.1, -0.05) is 6.07 Å². The third kappa shape index (κ3) is 2.54. The first-order valence-electron chi connectivity index (χ1n) is 5.22. The molecular formula is C11H7KN2O6. The topological polar surface area (TPSA) is 121 Å². The van der Waals surface area contributed by atoms with Crippen LogP contribution in [0.3, 0.4) is 0 Å². The molecule has 2 rings (SSSR count). The average molecular weight is 302 g/mol. The molecule has 1 aromatic carbocycles. The van der Waals surface area contributed by atoms with Crippen LogP contribution in [0.1, 0.15) is 27.6 Å². The van der Waals surface area contributed by atoms with E-state index in [1.54, 1.807) is 0 Å². The Balaban J connectivity index is 0.00000200. The molecule has 0 fully saturated rings. The molecule has 2 amide bonds. The van der Waals surface area contributed by atoms with Crippen LogP contribution in [-0.4, -0.2) is 33.6 Å². The van der Waals surface area contributed by atoms with Crippen LogP contribution in [0.5, 0.6) is 0 Å². The summed E-state index contributed by atoms with van der Waals surface area (Å²) in [5.41, 5.74) is -1.08. The summed E-state index contributed by atoms with van der Waals surface area (Å²) < 4.78 is 0. The first-order valence-corrected chi connectivity index (χ1v) is 5.22. The van der Waals surface area contributed by atoms with Gasteiger partial charge >= 0.3 is 51.4 Å². The van der Waals surface area contributed by atoms with E-state index in [0.29, 0.717) is 4.90 Å². The number of carboxylic acids is 1. The summed E-state index contributed by atoms with van der Waals surface area (Å²) in [4.78, 5) is 45.1. The molecule has 20 heavy (non-hydrogen) atoms. The summed E-state index contributed by atoms with van der Waals surface area (Å²) >= 11 is 0. The molecule has 0 saturated heterocycles. The number of nitro benzene ring substituents is 1. The SMILES string of the molecule is CC(C(=O)[O-])N1C(=O)c2cccc([N+](=O)[O-])c2C1=O.[K+]. The number of fused-ring (bicyclic) bond motifs is 1. The van der Waals surface area contributed by atoms with Crippen LogP contribution < -0.4 is 56.5 Å². The van der Waals surface area contributed by atoms with Crippen molar-refractivity contribution in [2.75, 3.05) is 0 Å². The van der Waals surface area contributed by atoms with Crippen LogP contribution in [0.2, 0.25) is 0 Å². The number of imide groups is 1. The fourth-order valence-electron chi connectivity index (χ4n) is 1.89. The van der Waals surface area contributed by atoms with Gasteiger partial charge in [0.2, 0.25) is 0 Å². The number of hydrogen-bond donors (Lipinski definition) is 0. The van der Waals surface area contributed by atoms with Gasteiger partial charge in [0.15, 0.2) is 0 Å². The number of hydrogen-bond acceptors (Lipinski definition) is 6. The minimum absolute atomic E-state index is 0. The summed E-state index contributed by atoms with van der Waals surface area (Å²) in [7, 11) is 0. The van der Waals surface area contributed by atoms with E-state index in [0.717, 1.165) is 13.0 Å². The predicted octanol–water partition coefficient (Wildman–Crippen LogP) is -3.67. The Morgan fingerprint density at radius 2 is 1.90 bits per heavy atom. The number of carboxylic acid groups (broad SMARTS) is 1. The zero-order valence-electron chi connectivity index (χ0n) is 10.7. The van der Waals surface area contributed by atoms with Gasteiger partial charge in [0, 0.05) is 6.07 Å². The van der Waals surface area contributed by atoms with Gasteiger partial charge in [-0.25, -0.2) is 0 Å². The maximum absolute atomic E-state index is 12.0. The van der Waals surface area contributed by atoms with Gasteiger partial charge in [-0.3, -0.25) is 24.6 Å². The smallest absolute Gasteiger partial charge is 0.548 e. The molecule has 1 unspecified atom stereocenters. The summed E-state index contributed by atoms with van der Waals surface area (Å²) in [6.07, 6.45) is 0. The molecule has 1 atom stereocenters. The van der Waals surface area contributed by atoms with Crippen molar-refractivity contribution < 1.29 is 75.8 Å². The van der Waals surface area contributed by atoms with Crippen LogP contribution in [0.15, 0.2) is 18.2 Å². The van der Waals surface area contributed by atoms with Crippen LogP contribution in [-0.2, 0) is 4.79 Å². The van der Waals surface area contributed by atoms with E-state index in [-0.39, 0.29) is 62.5 Å². The fourth-order valence-corrected chi connectivity index (χ4v) is 1.89. The standard InChI is InChI=1S/C11H8N2O6.K/c1-5(11(16)17)12-9(14)6-3-2-4-7(13(18)19)8(6)10(12)15;/h2-5H,1H3,(H,16,17);/q;+1/p-1. The molecule has 98 valence electrons. The molecule has 9 heteroatoms. The molecular weight excluding hydrogens is 295 g/mol. The molecule has 0 bridgehead atoms. The third-order valence-electron chi connectivity index (χ3n) is 2.85. The van der Waals surface area contributed by atoms with Gasteiger partial charge < -0.3 is 9.90 Å². The Kier molecular flexibility index (Phi) is 5.16. The Morgan fingerprint density at radius 1 is 1.30 bits per heavy atom. The zero-order chi connectivity index (χ0) is 14.3. The number of rotatable bonds is 3. The molecule has 0 aromatic heterocycles. The van der Waals surface area contributed by atoms with E-state index < -0.39 is 34.4 Å². The number of carbonyl (C=O) groups excluding carboxylic acids is 3. The molecule has 0 aliphatic carbocycles. The Labute approximate surface area is 155 Å². The molecule has 0 radical (unpaired) electrons. The number of aliphatic carboxylic acids is 1. The first-order chi connectivity index (χ1) is 8.86. The van der Waals surface area contributed by atoms with Gasteiger partial charge in [-0.2, -0.15) is 0 Å². The van der Waals surface area contributed by atoms with Gasteiger partial charge in [0.1, 0.15) is 5.56 Å². The molecule has 1 aromatic rings. The second-order valence-corrected chi connectivity index (χ2v) is 3.93. The Hall–Kier alpha value is -1.13. The second-order valence-electron chi connectivity index (χ2n) is 3.93. The van der Waals surface area contributed by atoms with E-state index in [2.05, 4.69) is 0 Å². The number of amides is 2. The second kappa shape index (κ2) is 6.10. The largest absolute Gasteiger partial charge is 1.00 e. The number of nitrogens with zero attached hydrogens (tertiary/aromatic N) is 2. The molecule has 8 nitrogen and oxygen atoms in total. The van der Waals surface area contributed by atoms with E-state index in [9.17, 15) is 29.6 Å². The van der Waals surface area contributed by atoms with Crippen molar-refractivity contribution >= 4 is 23.5 Å². The summed E-state index contributed by atoms with van der Waals surface area (Å²) in [5.74, 6) is -3.48. The van der Waals surface area contributed by atoms with E-state index in [1.165, 1.54) is 12.1 Å². The number of nitro groups is 1. The Bertz CT molecular complexity index is 629. The minimum Gasteiger partial charge on any atom is -0.548 e. The Morgan fingerprint density at radius 3 is 2.40 bits per heavy atom. The van der Waals surface area contributed by atoms with E-state index in [4.69, 9.17) is 0 Å². The molecule has 1 aliphatic rings. The molecule has 0 N–H and O–H groups in total. The van der Waals surface area contributed by atoms with E-state index in [1.807, 2.05) is 0 Å². The maximum Gasteiger partial charge on any atom is 1.00 e. The van der Waals surface area contributed by atoms with Crippen molar-refractivity contribution in [1.82, 2.24) is 4.90 Å².